The van der Waals surface area contributed by atoms with E-state index in [0.717, 1.165) is 22.2 Å². The van der Waals surface area contributed by atoms with Crippen LogP contribution in [0.15, 0.2) is 54.6 Å². The average Bonchev–Trinajstić information content (AvgIpc) is 3.11. The number of hydrogen-bond acceptors (Lipinski definition) is 6. The largest absolute Gasteiger partial charge is 0.497 e. The molecule has 0 spiro atoms. The summed E-state index contributed by atoms with van der Waals surface area (Å²) in [4.78, 5) is 16.1. The lowest BCUT2D eigenvalue weighted by atomic mass is 10.2. The normalized spacial score (nSPS) is 10.8. The molecule has 2 aromatic heterocycles. The Hall–Kier alpha value is -3.65. The van der Waals surface area contributed by atoms with Crippen LogP contribution in [0.3, 0.4) is 0 Å². The standard InChI is InChI=1S/C20H16ClN5O3/c1-29-15-6-2-12(3-7-15)11-26-19(18(20(27)28)24-25-26)23-17-9-4-13-10-14(21)5-8-16(13)22-17/h2-10H,11H2,1H3,(H,22,23)(H,27,28). The van der Waals surface area contributed by atoms with E-state index in [4.69, 9.17) is 16.3 Å². The molecule has 0 bridgehead atoms. The van der Waals surface area contributed by atoms with Crippen molar-refractivity contribution in [3.05, 3.63) is 70.9 Å². The van der Waals surface area contributed by atoms with Gasteiger partial charge >= 0.3 is 5.97 Å². The molecule has 29 heavy (non-hydrogen) atoms. The molecule has 0 fully saturated rings. The summed E-state index contributed by atoms with van der Waals surface area (Å²) in [5, 5.41) is 21.8. The smallest absolute Gasteiger partial charge is 0.360 e. The monoisotopic (exact) mass is 409 g/mol. The van der Waals surface area contributed by atoms with Crippen molar-refractivity contribution in [1.29, 1.82) is 0 Å². The van der Waals surface area contributed by atoms with E-state index in [0.29, 0.717) is 17.4 Å². The maximum atomic E-state index is 11.6. The number of fused-ring (bicyclic) bond motifs is 1. The van der Waals surface area contributed by atoms with Gasteiger partial charge in [0.15, 0.2) is 5.82 Å². The van der Waals surface area contributed by atoms with E-state index in [-0.39, 0.29) is 11.5 Å². The van der Waals surface area contributed by atoms with E-state index in [1.54, 1.807) is 25.3 Å². The number of anilines is 2. The first kappa shape index (κ1) is 18.7. The van der Waals surface area contributed by atoms with E-state index in [1.165, 1.54) is 4.68 Å². The van der Waals surface area contributed by atoms with Gasteiger partial charge in [0, 0.05) is 10.4 Å². The predicted octanol–water partition coefficient (Wildman–Crippen LogP) is 3.98. The van der Waals surface area contributed by atoms with Crippen LogP contribution in [0, 0.1) is 0 Å². The molecule has 0 aliphatic carbocycles. The molecule has 0 aliphatic rings. The number of benzene rings is 2. The minimum Gasteiger partial charge on any atom is -0.497 e. The van der Waals surface area contributed by atoms with Crippen LogP contribution >= 0.6 is 11.6 Å². The first-order chi connectivity index (χ1) is 14.0. The molecule has 0 aliphatic heterocycles. The summed E-state index contributed by atoms with van der Waals surface area (Å²) in [5.74, 6) is 0.271. The van der Waals surface area contributed by atoms with Gasteiger partial charge in [0.1, 0.15) is 11.6 Å². The zero-order valence-corrected chi connectivity index (χ0v) is 16.1. The van der Waals surface area contributed by atoms with Gasteiger partial charge in [0.05, 0.1) is 19.2 Å². The van der Waals surface area contributed by atoms with Crippen LogP contribution in [0.2, 0.25) is 5.02 Å². The van der Waals surface area contributed by atoms with Crippen LogP contribution in [-0.2, 0) is 6.54 Å². The van der Waals surface area contributed by atoms with Crippen LogP contribution in [0.4, 0.5) is 11.6 Å². The molecule has 4 aromatic rings. The lowest BCUT2D eigenvalue weighted by Gasteiger charge is -2.10. The molecule has 0 saturated carbocycles. The molecule has 0 saturated heterocycles. The van der Waals surface area contributed by atoms with Gasteiger partial charge in [0.2, 0.25) is 5.69 Å². The molecule has 0 radical (unpaired) electrons. The van der Waals surface area contributed by atoms with Crippen LogP contribution in [-0.4, -0.2) is 38.2 Å². The van der Waals surface area contributed by atoms with E-state index < -0.39 is 5.97 Å². The number of aromatic carboxylic acids is 1. The SMILES string of the molecule is COc1ccc(Cn2nnc(C(=O)O)c2Nc2ccc3cc(Cl)ccc3n2)cc1. The van der Waals surface area contributed by atoms with Crippen LogP contribution in [0.1, 0.15) is 16.1 Å². The number of nitrogens with one attached hydrogen (secondary N) is 1. The van der Waals surface area contributed by atoms with E-state index in [9.17, 15) is 9.90 Å². The topological polar surface area (TPSA) is 102 Å². The third-order valence-corrected chi connectivity index (χ3v) is 4.56. The molecule has 0 amide bonds. The second-order valence-electron chi connectivity index (χ2n) is 6.26. The first-order valence-electron chi connectivity index (χ1n) is 8.66. The highest BCUT2D eigenvalue weighted by atomic mass is 35.5. The Morgan fingerprint density at radius 1 is 1.17 bits per heavy atom. The number of carboxylic acids is 1. The van der Waals surface area contributed by atoms with E-state index in [1.807, 2.05) is 36.4 Å². The molecule has 146 valence electrons. The Kier molecular flexibility index (Phi) is 5.01. The van der Waals surface area contributed by atoms with Crippen molar-refractivity contribution >= 4 is 40.1 Å². The molecule has 2 aromatic carbocycles. The number of halogens is 1. The maximum absolute atomic E-state index is 11.6. The number of ether oxygens (including phenoxy) is 1. The number of carboxylic acid groups (broad SMARTS) is 1. The fourth-order valence-corrected chi connectivity index (χ4v) is 3.06. The molecule has 0 atom stereocenters. The van der Waals surface area contributed by atoms with Gasteiger partial charge in [-0.1, -0.05) is 28.9 Å². The maximum Gasteiger partial charge on any atom is 0.360 e. The molecular formula is C20H16ClN5O3. The van der Waals surface area contributed by atoms with Gasteiger partial charge in [-0.25, -0.2) is 14.5 Å². The summed E-state index contributed by atoms with van der Waals surface area (Å²) in [5.41, 5.74) is 1.46. The van der Waals surface area contributed by atoms with Gasteiger partial charge in [-0.3, -0.25) is 0 Å². The second-order valence-corrected chi connectivity index (χ2v) is 6.69. The van der Waals surface area contributed by atoms with E-state index >= 15 is 0 Å². The van der Waals surface area contributed by atoms with Crippen molar-refractivity contribution in [2.45, 2.75) is 6.54 Å². The third kappa shape index (κ3) is 3.97. The van der Waals surface area contributed by atoms with Gasteiger partial charge in [-0.15, -0.1) is 5.10 Å². The number of pyridine rings is 1. The number of hydrogen-bond donors (Lipinski definition) is 2. The third-order valence-electron chi connectivity index (χ3n) is 4.33. The minimum atomic E-state index is -1.18. The highest BCUT2D eigenvalue weighted by molar-refractivity contribution is 6.31. The summed E-state index contributed by atoms with van der Waals surface area (Å²) in [7, 11) is 1.60. The molecule has 8 nitrogen and oxygen atoms in total. The zero-order valence-electron chi connectivity index (χ0n) is 15.3. The minimum absolute atomic E-state index is 0.184. The van der Waals surface area contributed by atoms with Crippen LogP contribution < -0.4 is 10.1 Å². The Morgan fingerprint density at radius 2 is 1.97 bits per heavy atom. The van der Waals surface area contributed by atoms with Crippen LogP contribution in [0.5, 0.6) is 5.75 Å². The number of nitrogens with zero attached hydrogens (tertiary/aromatic N) is 4. The number of rotatable bonds is 6. The van der Waals surface area contributed by atoms with Crippen LogP contribution in [0.25, 0.3) is 10.9 Å². The Labute approximate surface area is 170 Å². The molecule has 9 heteroatoms. The van der Waals surface area contributed by atoms with Crippen molar-refractivity contribution in [3.63, 3.8) is 0 Å². The Balaban J connectivity index is 1.67. The fraction of sp³-hybridized carbons (Fsp3) is 0.100. The highest BCUT2D eigenvalue weighted by Crippen LogP contribution is 2.24. The fourth-order valence-electron chi connectivity index (χ4n) is 2.88. The molecule has 0 unspecified atom stereocenters. The van der Waals surface area contributed by atoms with Gasteiger partial charge in [0.25, 0.3) is 0 Å². The lowest BCUT2D eigenvalue weighted by molar-refractivity contribution is 0.0691. The van der Waals surface area contributed by atoms with Crippen molar-refractivity contribution in [1.82, 2.24) is 20.0 Å². The summed E-state index contributed by atoms with van der Waals surface area (Å²) < 4.78 is 6.64. The van der Waals surface area contributed by atoms with E-state index in [2.05, 4.69) is 20.6 Å². The lowest BCUT2D eigenvalue weighted by Crippen LogP contribution is -2.09. The van der Waals surface area contributed by atoms with Gasteiger partial charge in [-0.2, -0.15) is 0 Å². The summed E-state index contributed by atoms with van der Waals surface area (Å²) in [6, 6.07) is 16.4. The van der Waals surface area contributed by atoms with Gasteiger partial charge in [-0.05, 0) is 48.0 Å². The van der Waals surface area contributed by atoms with Crippen molar-refractivity contribution in [3.8, 4) is 5.75 Å². The first-order valence-corrected chi connectivity index (χ1v) is 9.04. The van der Waals surface area contributed by atoms with Gasteiger partial charge < -0.3 is 15.2 Å². The zero-order chi connectivity index (χ0) is 20.4. The summed E-state index contributed by atoms with van der Waals surface area (Å²) >= 11 is 6.01. The average molecular weight is 410 g/mol. The number of aromatic nitrogens is 4. The van der Waals surface area contributed by atoms with Crippen molar-refractivity contribution < 1.29 is 14.6 Å². The van der Waals surface area contributed by atoms with Crippen molar-refractivity contribution in [2.75, 3.05) is 12.4 Å². The summed E-state index contributed by atoms with van der Waals surface area (Å²) in [6.07, 6.45) is 0. The molecule has 2 N–H and O–H groups in total. The summed E-state index contributed by atoms with van der Waals surface area (Å²) in [6.45, 7) is 0.329. The quantitative estimate of drug-likeness (QED) is 0.496. The number of methoxy groups -OCH3 is 1. The number of carbonyl (C=O) groups is 1. The second kappa shape index (κ2) is 7.76. The highest BCUT2D eigenvalue weighted by Gasteiger charge is 2.20. The molecular weight excluding hydrogens is 394 g/mol. The Morgan fingerprint density at radius 3 is 2.69 bits per heavy atom. The predicted molar refractivity (Wildman–Crippen MR) is 109 cm³/mol. The van der Waals surface area contributed by atoms with Crippen molar-refractivity contribution in [2.24, 2.45) is 0 Å². The molecule has 2 heterocycles. The Bertz CT molecular complexity index is 1190. The molecule has 4 rings (SSSR count).